The van der Waals surface area contributed by atoms with Gasteiger partial charge in [0, 0.05) is 36.3 Å². The topological polar surface area (TPSA) is 65.1 Å². The lowest BCUT2D eigenvalue weighted by molar-refractivity contribution is -0.141. The van der Waals surface area contributed by atoms with E-state index in [1.54, 1.807) is 4.42 Å². The van der Waals surface area contributed by atoms with Gasteiger partial charge < -0.3 is 14.2 Å². The Kier molecular flexibility index (Phi) is 5.64. The Balaban J connectivity index is 1.82. The van der Waals surface area contributed by atoms with Crippen molar-refractivity contribution in [2.24, 2.45) is 5.92 Å². The van der Waals surface area contributed by atoms with E-state index >= 15 is 0 Å². The molecule has 0 saturated carbocycles. The average molecular weight is 432 g/mol. The molecule has 1 fully saturated rings. The highest BCUT2D eigenvalue weighted by Gasteiger charge is 2.35. The molecule has 2 aliphatic heterocycles. The zero-order valence-corrected chi connectivity index (χ0v) is 18.3. The zero-order chi connectivity index (χ0) is 21.5. The van der Waals surface area contributed by atoms with Crippen molar-refractivity contribution in [2.45, 2.75) is 52.1 Å². The molecule has 0 amide bonds. The summed E-state index contributed by atoms with van der Waals surface area (Å²) in [6.45, 7) is 6.68. The number of rotatable bonds is 3. The van der Waals surface area contributed by atoms with Gasteiger partial charge in [0.15, 0.2) is 11.5 Å². The van der Waals surface area contributed by atoms with Crippen molar-refractivity contribution in [3.63, 3.8) is 0 Å². The number of nitrogens with zero attached hydrogens (tertiary/aromatic N) is 1. The van der Waals surface area contributed by atoms with Crippen molar-refractivity contribution in [3.8, 4) is 17.2 Å². The molecule has 6 nitrogen and oxygen atoms in total. The Labute approximate surface area is 181 Å². The molecule has 2 aromatic rings. The Hall–Kier alpha value is -2.31. The largest absolute Gasteiger partial charge is 0.487 e. The van der Waals surface area contributed by atoms with Gasteiger partial charge in [-0.1, -0.05) is 24.3 Å². The van der Waals surface area contributed by atoms with E-state index in [-0.39, 0.29) is 23.2 Å². The summed E-state index contributed by atoms with van der Waals surface area (Å²) in [5.41, 5.74) is 0.431. The second-order valence-corrected chi connectivity index (χ2v) is 9.05. The maximum absolute atomic E-state index is 13.0. The van der Waals surface area contributed by atoms with Crippen molar-refractivity contribution in [2.75, 3.05) is 13.1 Å². The van der Waals surface area contributed by atoms with Crippen molar-refractivity contribution in [1.82, 2.24) is 4.42 Å². The third-order valence-corrected chi connectivity index (χ3v) is 6.09. The van der Waals surface area contributed by atoms with Crippen molar-refractivity contribution in [1.29, 1.82) is 0 Å². The molecule has 0 atom stereocenters. The number of fused-ring (bicyclic) bond motifs is 3. The Morgan fingerprint density at radius 1 is 1.10 bits per heavy atom. The number of hydrogen-bond acceptors (Lipinski definition) is 6. The van der Waals surface area contributed by atoms with E-state index in [0.29, 0.717) is 49.2 Å². The summed E-state index contributed by atoms with van der Waals surface area (Å²) in [5, 5.41) is 1.52. The number of carbonyl (C=O) groups excluding carboxylic acids is 2. The predicted molar refractivity (Wildman–Crippen MR) is 114 cm³/mol. The molecule has 2 aliphatic rings. The van der Waals surface area contributed by atoms with Gasteiger partial charge in [0.05, 0.1) is 5.92 Å². The number of hydrogen-bond donors (Lipinski definition) is 0. The van der Waals surface area contributed by atoms with E-state index < -0.39 is 5.97 Å². The van der Waals surface area contributed by atoms with Gasteiger partial charge >= 0.3 is 11.9 Å². The molecule has 0 bridgehead atoms. The first kappa shape index (κ1) is 20.9. The minimum Gasteiger partial charge on any atom is -0.487 e. The van der Waals surface area contributed by atoms with Crippen molar-refractivity contribution in [3.05, 3.63) is 29.8 Å². The monoisotopic (exact) mass is 431 g/mol. The average Bonchev–Trinajstić information content (AvgIpc) is 2.70. The highest BCUT2D eigenvalue weighted by molar-refractivity contribution is 6.13. The number of benzene rings is 2. The summed E-state index contributed by atoms with van der Waals surface area (Å²) >= 11 is 6.02. The van der Waals surface area contributed by atoms with Crippen LogP contribution in [0.1, 0.15) is 45.6 Å². The van der Waals surface area contributed by atoms with Crippen LogP contribution in [-0.4, -0.2) is 35.0 Å². The summed E-state index contributed by atoms with van der Waals surface area (Å²) in [7, 11) is 0. The fourth-order valence-electron chi connectivity index (χ4n) is 4.12. The molecule has 30 heavy (non-hydrogen) atoms. The van der Waals surface area contributed by atoms with E-state index in [4.69, 9.17) is 26.0 Å². The molecule has 160 valence electrons. The summed E-state index contributed by atoms with van der Waals surface area (Å²) in [6.07, 6.45) is 2.67. The van der Waals surface area contributed by atoms with E-state index in [1.165, 1.54) is 6.92 Å². The molecule has 0 spiro atoms. The van der Waals surface area contributed by atoms with Gasteiger partial charge in [-0.25, -0.2) is 4.42 Å². The van der Waals surface area contributed by atoms with Crippen LogP contribution < -0.4 is 14.2 Å². The fraction of sp³-hybridized carbons (Fsp3) is 0.478. The van der Waals surface area contributed by atoms with Crippen molar-refractivity contribution < 1.29 is 23.8 Å². The first-order valence-electron chi connectivity index (χ1n) is 10.3. The molecule has 0 aliphatic carbocycles. The maximum atomic E-state index is 13.0. The number of carbonyl (C=O) groups is 2. The second-order valence-electron chi connectivity index (χ2n) is 8.57. The SMILES string of the molecule is CC(=O)Oc1c(OC(=O)C2CCN(Cl)CC2)c2c(c3ccccc13)OC(C)(C)CC2. The molecular weight excluding hydrogens is 406 g/mol. The van der Waals surface area contributed by atoms with E-state index in [0.717, 1.165) is 17.4 Å². The standard InChI is InChI=1S/C23H26ClNO5/c1-14(26)28-20-17-7-5-4-6-16(17)19-18(8-11-23(2,3)30-19)21(20)29-22(27)15-9-12-25(24)13-10-15/h4-7,15H,8-13H2,1-3H3. The van der Waals surface area contributed by atoms with Crippen LogP contribution in [0.25, 0.3) is 10.8 Å². The van der Waals surface area contributed by atoms with Gasteiger partial charge in [-0.05, 0) is 51.3 Å². The molecule has 0 aromatic heterocycles. The number of esters is 2. The van der Waals surface area contributed by atoms with E-state index in [2.05, 4.69) is 0 Å². The smallest absolute Gasteiger partial charge is 0.314 e. The first-order chi connectivity index (χ1) is 14.2. The molecule has 0 N–H and O–H groups in total. The molecule has 0 unspecified atom stereocenters. The van der Waals surface area contributed by atoms with Crippen molar-refractivity contribution >= 4 is 34.5 Å². The summed E-state index contributed by atoms with van der Waals surface area (Å²) in [6, 6.07) is 7.56. The van der Waals surface area contributed by atoms with Gasteiger partial charge in [-0.15, -0.1) is 0 Å². The normalized spacial score (nSPS) is 19.1. The lowest BCUT2D eigenvalue weighted by Gasteiger charge is -2.35. The maximum Gasteiger partial charge on any atom is 0.314 e. The van der Waals surface area contributed by atoms with Gasteiger partial charge in [0.25, 0.3) is 0 Å². The quantitative estimate of drug-likeness (QED) is 0.400. The van der Waals surface area contributed by atoms with Crippen LogP contribution in [0.2, 0.25) is 0 Å². The van der Waals surface area contributed by atoms with Crippen LogP contribution in [0, 0.1) is 5.92 Å². The van der Waals surface area contributed by atoms with Gasteiger partial charge in [-0.2, -0.15) is 0 Å². The lowest BCUT2D eigenvalue weighted by atomic mass is 9.90. The minimum absolute atomic E-state index is 0.242. The van der Waals surface area contributed by atoms with Gasteiger partial charge in [-0.3, -0.25) is 9.59 Å². The number of piperidine rings is 1. The second kappa shape index (κ2) is 8.08. The third kappa shape index (κ3) is 4.12. The van der Waals surface area contributed by atoms with Crippen LogP contribution in [-0.2, 0) is 16.0 Å². The third-order valence-electron chi connectivity index (χ3n) is 5.75. The van der Waals surface area contributed by atoms with Crippen LogP contribution in [0.5, 0.6) is 17.2 Å². The Morgan fingerprint density at radius 3 is 2.43 bits per heavy atom. The highest BCUT2D eigenvalue weighted by Crippen LogP contribution is 2.50. The first-order valence-corrected chi connectivity index (χ1v) is 10.7. The molecule has 4 rings (SSSR count). The highest BCUT2D eigenvalue weighted by atomic mass is 35.5. The zero-order valence-electron chi connectivity index (χ0n) is 17.5. The summed E-state index contributed by atoms with van der Waals surface area (Å²) < 4.78 is 19.5. The molecular formula is C23H26ClNO5. The lowest BCUT2D eigenvalue weighted by Crippen LogP contribution is -2.34. The van der Waals surface area contributed by atoms with Crippen LogP contribution in [0.15, 0.2) is 24.3 Å². The van der Waals surface area contributed by atoms with Gasteiger partial charge in [0.1, 0.15) is 11.4 Å². The minimum atomic E-state index is -0.468. The summed E-state index contributed by atoms with van der Waals surface area (Å²) in [4.78, 5) is 24.9. The Morgan fingerprint density at radius 2 is 1.77 bits per heavy atom. The van der Waals surface area contributed by atoms with E-state index in [9.17, 15) is 9.59 Å². The molecule has 7 heteroatoms. The predicted octanol–water partition coefficient (Wildman–Crippen LogP) is 4.64. The van der Waals surface area contributed by atoms with Crippen LogP contribution in [0.3, 0.4) is 0 Å². The number of ether oxygens (including phenoxy) is 3. The molecule has 2 heterocycles. The molecule has 2 aromatic carbocycles. The van der Waals surface area contributed by atoms with Crippen LogP contribution in [0.4, 0.5) is 0 Å². The van der Waals surface area contributed by atoms with Crippen LogP contribution >= 0.6 is 11.8 Å². The summed E-state index contributed by atoms with van der Waals surface area (Å²) in [5.74, 6) is 0.237. The Bertz CT molecular complexity index is 995. The van der Waals surface area contributed by atoms with E-state index in [1.807, 2.05) is 38.1 Å². The number of halogens is 1. The fourth-order valence-corrected chi connectivity index (χ4v) is 4.32. The molecule has 1 saturated heterocycles. The molecule has 0 radical (unpaired) electrons. The van der Waals surface area contributed by atoms with Gasteiger partial charge in [0.2, 0.25) is 0 Å².